The van der Waals surface area contributed by atoms with Crippen LogP contribution >= 0.6 is 12.2 Å². The van der Waals surface area contributed by atoms with Crippen molar-refractivity contribution in [2.75, 3.05) is 23.7 Å². The highest BCUT2D eigenvalue weighted by molar-refractivity contribution is 7.86. The minimum Gasteiger partial charge on any atom is -0.399 e. The fourth-order valence-electron chi connectivity index (χ4n) is 3.68. The van der Waals surface area contributed by atoms with Crippen LogP contribution in [0.2, 0.25) is 0 Å². The van der Waals surface area contributed by atoms with E-state index >= 15 is 0 Å². The minimum absolute atomic E-state index is 0.128. The van der Waals surface area contributed by atoms with Crippen molar-refractivity contribution >= 4 is 38.7 Å². The van der Waals surface area contributed by atoms with Crippen LogP contribution in [0.25, 0.3) is 0 Å². The van der Waals surface area contributed by atoms with Gasteiger partial charge in [-0.1, -0.05) is 30.4 Å². The number of rotatable bonds is 7. The van der Waals surface area contributed by atoms with Crippen LogP contribution in [0.1, 0.15) is 41.2 Å². The fraction of sp³-hybridized carbons (Fsp3) is 0.381. The molecule has 174 valence electrons. The summed E-state index contributed by atoms with van der Waals surface area (Å²) in [5, 5.41) is 1.64. The molecule has 1 saturated heterocycles. The Labute approximate surface area is 190 Å². The van der Waals surface area contributed by atoms with Gasteiger partial charge in [-0.15, -0.1) is 0 Å². The van der Waals surface area contributed by atoms with Gasteiger partial charge in [-0.3, -0.25) is 4.55 Å². The minimum atomic E-state index is -4.45. The molecule has 0 spiro atoms. The Balaban J connectivity index is 1.76. The lowest BCUT2D eigenvalue weighted by Gasteiger charge is -2.24. The monoisotopic (exact) mass is 487 g/mol. The number of hydrogen-bond acceptors (Lipinski definition) is 5. The first-order valence-electron chi connectivity index (χ1n) is 9.98. The van der Waals surface area contributed by atoms with Gasteiger partial charge in [0.05, 0.1) is 10.6 Å². The molecule has 4 N–H and O–H groups in total. The van der Waals surface area contributed by atoms with Crippen LogP contribution in [0.5, 0.6) is 0 Å². The smallest absolute Gasteiger partial charge is 0.399 e. The van der Waals surface area contributed by atoms with Gasteiger partial charge in [0.25, 0.3) is 10.1 Å². The Kier molecular flexibility index (Phi) is 7.31. The van der Waals surface area contributed by atoms with Crippen LogP contribution in [0.15, 0.2) is 42.5 Å². The van der Waals surface area contributed by atoms with Gasteiger partial charge in [0, 0.05) is 37.4 Å². The average molecular weight is 488 g/mol. The zero-order chi connectivity index (χ0) is 23.5. The van der Waals surface area contributed by atoms with Crippen LogP contribution in [0.3, 0.4) is 0 Å². The Morgan fingerprint density at radius 2 is 1.78 bits per heavy atom. The van der Waals surface area contributed by atoms with E-state index in [2.05, 4.69) is 5.32 Å². The lowest BCUT2D eigenvalue weighted by Crippen LogP contribution is -2.27. The van der Waals surface area contributed by atoms with E-state index in [-0.39, 0.29) is 18.0 Å². The Morgan fingerprint density at radius 3 is 2.34 bits per heavy atom. The molecule has 1 fully saturated rings. The van der Waals surface area contributed by atoms with Gasteiger partial charge in [-0.2, -0.15) is 21.6 Å². The Bertz CT molecular complexity index is 1070. The summed E-state index contributed by atoms with van der Waals surface area (Å²) >= 11 is 5.28. The number of thiocarbonyl (C=S) groups is 1. The van der Waals surface area contributed by atoms with E-state index in [0.717, 1.165) is 25.0 Å². The lowest BCUT2D eigenvalue weighted by molar-refractivity contribution is -0.137. The molecule has 0 amide bonds. The van der Waals surface area contributed by atoms with Crippen LogP contribution in [-0.2, 0) is 22.8 Å². The molecule has 0 radical (unpaired) electrons. The predicted octanol–water partition coefficient (Wildman–Crippen LogP) is 4.32. The summed E-state index contributed by atoms with van der Waals surface area (Å²) in [5.41, 5.74) is 6.79. The fourth-order valence-corrected chi connectivity index (χ4v) is 4.90. The quantitative estimate of drug-likeness (QED) is 0.304. The van der Waals surface area contributed by atoms with E-state index < -0.39 is 27.1 Å². The molecule has 32 heavy (non-hydrogen) atoms. The average Bonchev–Trinajstić information content (AvgIpc) is 3.24. The van der Waals surface area contributed by atoms with Crippen molar-refractivity contribution in [3.05, 3.63) is 59.2 Å². The summed E-state index contributed by atoms with van der Waals surface area (Å²) < 4.78 is 73.1. The second kappa shape index (κ2) is 9.63. The number of anilines is 2. The lowest BCUT2D eigenvalue weighted by atomic mass is 10.1. The van der Waals surface area contributed by atoms with E-state index in [4.69, 9.17) is 18.0 Å². The normalized spacial score (nSPS) is 15.6. The second-order valence-corrected chi connectivity index (χ2v) is 9.78. The molecule has 1 aliphatic heterocycles. The van der Waals surface area contributed by atoms with Crippen molar-refractivity contribution < 1.29 is 26.1 Å². The van der Waals surface area contributed by atoms with Crippen molar-refractivity contribution in [2.45, 2.75) is 37.2 Å². The van der Waals surface area contributed by atoms with E-state index in [1.54, 1.807) is 0 Å². The maximum absolute atomic E-state index is 13.2. The molecule has 2 aromatic rings. The van der Waals surface area contributed by atoms with E-state index in [1.807, 2.05) is 4.90 Å². The third-order valence-corrected chi connectivity index (χ3v) is 6.84. The van der Waals surface area contributed by atoms with Gasteiger partial charge in [0.1, 0.15) is 5.25 Å². The summed E-state index contributed by atoms with van der Waals surface area (Å²) in [6, 6.07) is 9.61. The number of benzene rings is 2. The molecule has 2 aromatic carbocycles. The molecule has 3 rings (SSSR count). The largest absolute Gasteiger partial charge is 0.416 e. The summed E-state index contributed by atoms with van der Waals surface area (Å²) in [4.78, 5) is 2.07. The Hall–Kier alpha value is -2.37. The molecule has 11 heteroatoms. The van der Waals surface area contributed by atoms with Crippen molar-refractivity contribution in [3.8, 4) is 0 Å². The maximum atomic E-state index is 13.2. The summed E-state index contributed by atoms with van der Waals surface area (Å²) in [7, 11) is -4.45. The second-order valence-electron chi connectivity index (χ2n) is 7.69. The molecule has 0 aliphatic carbocycles. The van der Waals surface area contributed by atoms with E-state index in [1.165, 1.54) is 30.3 Å². The standard InChI is InChI=1S/C21H24F3N3O3S2/c22-21(23,24)16-6-3-15(18(11-16)27-9-1-2-10-27)13-26-20(31)12-19(32(28,29)30)14-4-7-17(25)8-5-14/h3-8,11,19H,1-2,9-10,12-13,25H2,(H,26,31)(H,28,29,30). The number of nitrogens with zero attached hydrogens (tertiary/aromatic N) is 1. The van der Waals surface area contributed by atoms with Crippen molar-refractivity contribution in [1.82, 2.24) is 5.32 Å². The molecular weight excluding hydrogens is 463 g/mol. The van der Waals surface area contributed by atoms with Crippen LogP contribution < -0.4 is 16.0 Å². The third kappa shape index (κ3) is 6.11. The van der Waals surface area contributed by atoms with Gasteiger partial charge in [0.15, 0.2) is 0 Å². The van der Waals surface area contributed by atoms with Crippen LogP contribution in [0, 0.1) is 0 Å². The van der Waals surface area contributed by atoms with Crippen LogP contribution in [0.4, 0.5) is 24.5 Å². The van der Waals surface area contributed by atoms with Gasteiger partial charge in [0.2, 0.25) is 0 Å². The molecule has 1 heterocycles. The van der Waals surface area contributed by atoms with Crippen molar-refractivity contribution in [3.63, 3.8) is 0 Å². The highest BCUT2D eigenvalue weighted by Gasteiger charge is 2.32. The molecular formula is C21H24F3N3O3S2. The first kappa shape index (κ1) is 24.3. The van der Waals surface area contributed by atoms with Gasteiger partial charge in [-0.05, 0) is 48.2 Å². The first-order valence-corrected chi connectivity index (χ1v) is 11.9. The maximum Gasteiger partial charge on any atom is 0.416 e. The summed E-state index contributed by atoms with van der Waals surface area (Å²) in [6.45, 7) is 1.46. The van der Waals surface area contributed by atoms with E-state index in [9.17, 15) is 26.1 Å². The zero-order valence-electron chi connectivity index (χ0n) is 17.1. The number of halogens is 3. The SMILES string of the molecule is Nc1ccc(C(CC(=S)NCc2ccc(C(F)(F)F)cc2N2CCCC2)S(=O)(=O)O)cc1. The number of alkyl halides is 3. The summed E-state index contributed by atoms with van der Waals surface area (Å²) in [5.74, 6) is 0. The number of nitrogen functional groups attached to an aromatic ring is 1. The summed E-state index contributed by atoms with van der Waals surface area (Å²) in [6.07, 6.45) is -2.83. The van der Waals surface area contributed by atoms with Gasteiger partial charge >= 0.3 is 6.18 Å². The van der Waals surface area contributed by atoms with Crippen molar-refractivity contribution in [2.24, 2.45) is 0 Å². The molecule has 6 nitrogen and oxygen atoms in total. The molecule has 0 bridgehead atoms. The van der Waals surface area contributed by atoms with Gasteiger partial charge in [-0.25, -0.2) is 0 Å². The highest BCUT2D eigenvalue weighted by Crippen LogP contribution is 2.35. The molecule has 1 atom stereocenters. The van der Waals surface area contributed by atoms with Gasteiger partial charge < -0.3 is 16.0 Å². The third-order valence-electron chi connectivity index (χ3n) is 5.37. The topological polar surface area (TPSA) is 95.7 Å². The van der Waals surface area contributed by atoms with Crippen LogP contribution in [-0.4, -0.2) is 31.0 Å². The zero-order valence-corrected chi connectivity index (χ0v) is 18.7. The highest BCUT2D eigenvalue weighted by atomic mass is 32.2. The number of hydrogen-bond donors (Lipinski definition) is 3. The number of nitrogens with two attached hydrogens (primary N) is 1. The molecule has 0 aromatic heterocycles. The van der Waals surface area contributed by atoms with E-state index in [0.29, 0.717) is 35.6 Å². The molecule has 1 unspecified atom stereocenters. The predicted molar refractivity (Wildman–Crippen MR) is 122 cm³/mol. The Morgan fingerprint density at radius 1 is 1.16 bits per heavy atom. The molecule has 1 aliphatic rings. The first-order chi connectivity index (χ1) is 14.9. The van der Waals surface area contributed by atoms with Crippen molar-refractivity contribution in [1.29, 1.82) is 0 Å². The number of nitrogens with one attached hydrogen (secondary N) is 1. The molecule has 0 saturated carbocycles.